The number of anilines is 1. The van der Waals surface area contributed by atoms with Gasteiger partial charge in [0.25, 0.3) is 0 Å². The van der Waals surface area contributed by atoms with Crippen molar-refractivity contribution in [3.05, 3.63) is 30.5 Å². The molecule has 0 aliphatic carbocycles. The zero-order valence-corrected chi connectivity index (χ0v) is 9.83. The van der Waals surface area contributed by atoms with E-state index in [4.69, 9.17) is 5.26 Å². The standard InChI is InChI=1S/C12H13N5/c1-16(2)11-5-3-10(4-6-11)12-9-17(8-7-13)15-14-12/h3-6,9H,8H2,1-2H3. The van der Waals surface area contributed by atoms with Gasteiger partial charge < -0.3 is 4.90 Å². The van der Waals surface area contributed by atoms with Crippen LogP contribution in [0.25, 0.3) is 11.3 Å². The lowest BCUT2D eigenvalue weighted by Crippen LogP contribution is -2.07. The Kier molecular flexibility index (Phi) is 3.06. The number of nitrogens with zero attached hydrogens (tertiary/aromatic N) is 5. The summed E-state index contributed by atoms with van der Waals surface area (Å²) in [6.45, 7) is 0.225. The average molecular weight is 227 g/mol. The summed E-state index contributed by atoms with van der Waals surface area (Å²) in [7, 11) is 4.00. The molecule has 0 saturated heterocycles. The van der Waals surface area contributed by atoms with E-state index in [1.807, 2.05) is 49.3 Å². The minimum atomic E-state index is 0.225. The van der Waals surface area contributed by atoms with E-state index in [1.54, 1.807) is 6.20 Å². The van der Waals surface area contributed by atoms with Crippen molar-refractivity contribution in [2.24, 2.45) is 0 Å². The van der Waals surface area contributed by atoms with Crippen LogP contribution in [0.1, 0.15) is 0 Å². The van der Waals surface area contributed by atoms with E-state index in [0.29, 0.717) is 0 Å². The maximum Gasteiger partial charge on any atom is 0.129 e. The molecular formula is C12H13N5. The Hall–Kier alpha value is -2.35. The van der Waals surface area contributed by atoms with Gasteiger partial charge in [-0.05, 0) is 12.1 Å². The van der Waals surface area contributed by atoms with Crippen LogP contribution in [0.2, 0.25) is 0 Å². The van der Waals surface area contributed by atoms with E-state index < -0.39 is 0 Å². The van der Waals surface area contributed by atoms with Gasteiger partial charge in [-0.2, -0.15) is 5.26 Å². The molecule has 5 heteroatoms. The predicted octanol–water partition coefficient (Wildman–Crippen LogP) is 1.53. The molecule has 17 heavy (non-hydrogen) atoms. The quantitative estimate of drug-likeness (QED) is 0.798. The predicted molar refractivity (Wildman–Crippen MR) is 65.4 cm³/mol. The summed E-state index contributed by atoms with van der Waals surface area (Å²) in [5.41, 5.74) is 2.92. The molecule has 0 aliphatic heterocycles. The Bertz CT molecular complexity index is 533. The normalized spacial score (nSPS) is 9.94. The zero-order valence-electron chi connectivity index (χ0n) is 9.83. The molecule has 0 N–H and O–H groups in total. The number of nitriles is 1. The number of benzene rings is 1. The second-order valence-corrected chi connectivity index (χ2v) is 3.90. The molecule has 0 spiro atoms. The van der Waals surface area contributed by atoms with Crippen LogP contribution in [0.4, 0.5) is 5.69 Å². The first-order valence-electron chi connectivity index (χ1n) is 5.25. The van der Waals surface area contributed by atoms with Crippen molar-refractivity contribution in [2.75, 3.05) is 19.0 Å². The molecule has 5 nitrogen and oxygen atoms in total. The largest absolute Gasteiger partial charge is 0.378 e. The molecule has 0 amide bonds. The van der Waals surface area contributed by atoms with Crippen molar-refractivity contribution in [2.45, 2.75) is 6.54 Å². The summed E-state index contributed by atoms with van der Waals surface area (Å²) in [6, 6.07) is 10.1. The Morgan fingerprint density at radius 2 is 2.00 bits per heavy atom. The summed E-state index contributed by atoms with van der Waals surface area (Å²) in [5, 5.41) is 16.5. The van der Waals surface area contributed by atoms with Gasteiger partial charge in [0.2, 0.25) is 0 Å². The summed E-state index contributed by atoms with van der Waals surface area (Å²) >= 11 is 0. The van der Waals surface area contributed by atoms with Gasteiger partial charge >= 0.3 is 0 Å². The van der Waals surface area contributed by atoms with Crippen LogP contribution in [0.5, 0.6) is 0 Å². The molecule has 0 unspecified atom stereocenters. The van der Waals surface area contributed by atoms with Crippen molar-refractivity contribution >= 4 is 5.69 Å². The Balaban J connectivity index is 2.24. The van der Waals surface area contributed by atoms with Gasteiger partial charge in [-0.15, -0.1) is 5.10 Å². The molecule has 2 aromatic rings. The van der Waals surface area contributed by atoms with Crippen molar-refractivity contribution in [1.29, 1.82) is 5.26 Å². The lowest BCUT2D eigenvalue weighted by molar-refractivity contribution is 0.668. The lowest BCUT2D eigenvalue weighted by atomic mass is 10.1. The van der Waals surface area contributed by atoms with Gasteiger partial charge in [0, 0.05) is 25.3 Å². The van der Waals surface area contributed by atoms with Crippen LogP contribution in [-0.4, -0.2) is 29.1 Å². The molecule has 0 bridgehead atoms. The van der Waals surface area contributed by atoms with Crippen LogP contribution in [0, 0.1) is 11.3 Å². The fourth-order valence-electron chi connectivity index (χ4n) is 1.51. The van der Waals surface area contributed by atoms with Crippen molar-refractivity contribution in [1.82, 2.24) is 15.0 Å². The highest BCUT2D eigenvalue weighted by Gasteiger charge is 2.04. The first kappa shape index (κ1) is 11.1. The summed E-state index contributed by atoms with van der Waals surface area (Å²) in [4.78, 5) is 2.04. The highest BCUT2D eigenvalue weighted by atomic mass is 15.4. The third-order valence-corrected chi connectivity index (χ3v) is 2.45. The molecule has 2 rings (SSSR count). The summed E-state index contributed by atoms with van der Waals surface area (Å²) in [6.07, 6.45) is 1.77. The van der Waals surface area contributed by atoms with Gasteiger partial charge in [-0.3, -0.25) is 0 Å². The first-order valence-corrected chi connectivity index (χ1v) is 5.25. The smallest absolute Gasteiger partial charge is 0.129 e. The number of hydrogen-bond acceptors (Lipinski definition) is 4. The second kappa shape index (κ2) is 4.66. The third kappa shape index (κ3) is 2.42. The maximum absolute atomic E-state index is 8.55. The Morgan fingerprint density at radius 3 is 2.59 bits per heavy atom. The van der Waals surface area contributed by atoms with Gasteiger partial charge in [0.1, 0.15) is 12.2 Å². The average Bonchev–Trinajstić information content (AvgIpc) is 2.78. The molecule has 0 atom stereocenters. The monoisotopic (exact) mass is 227 g/mol. The molecule has 86 valence electrons. The SMILES string of the molecule is CN(C)c1ccc(-c2cn(CC#N)nn2)cc1. The minimum absolute atomic E-state index is 0.225. The van der Waals surface area contributed by atoms with E-state index in [9.17, 15) is 0 Å². The summed E-state index contributed by atoms with van der Waals surface area (Å²) < 4.78 is 1.52. The van der Waals surface area contributed by atoms with Crippen LogP contribution < -0.4 is 4.90 Å². The Labute approximate surface area is 99.9 Å². The van der Waals surface area contributed by atoms with E-state index >= 15 is 0 Å². The second-order valence-electron chi connectivity index (χ2n) is 3.90. The van der Waals surface area contributed by atoms with Crippen molar-refractivity contribution < 1.29 is 0 Å². The topological polar surface area (TPSA) is 57.7 Å². The molecule has 0 saturated carbocycles. The maximum atomic E-state index is 8.55. The fourth-order valence-corrected chi connectivity index (χ4v) is 1.51. The van der Waals surface area contributed by atoms with Crippen LogP contribution >= 0.6 is 0 Å². The highest BCUT2D eigenvalue weighted by molar-refractivity contribution is 5.61. The van der Waals surface area contributed by atoms with Gasteiger partial charge in [-0.1, -0.05) is 17.3 Å². The van der Waals surface area contributed by atoms with Crippen molar-refractivity contribution in [3.8, 4) is 17.3 Å². The van der Waals surface area contributed by atoms with Crippen LogP contribution in [0.15, 0.2) is 30.5 Å². The fraction of sp³-hybridized carbons (Fsp3) is 0.250. The van der Waals surface area contributed by atoms with Gasteiger partial charge in [0.15, 0.2) is 0 Å². The zero-order chi connectivity index (χ0) is 12.3. The van der Waals surface area contributed by atoms with E-state index in [-0.39, 0.29) is 6.54 Å². The number of aromatic nitrogens is 3. The lowest BCUT2D eigenvalue weighted by Gasteiger charge is -2.11. The highest BCUT2D eigenvalue weighted by Crippen LogP contribution is 2.19. The van der Waals surface area contributed by atoms with Gasteiger partial charge in [-0.25, -0.2) is 4.68 Å². The third-order valence-electron chi connectivity index (χ3n) is 2.45. The summed E-state index contributed by atoms with van der Waals surface area (Å²) in [5.74, 6) is 0. The molecule has 0 fully saturated rings. The van der Waals surface area contributed by atoms with E-state index in [0.717, 1.165) is 16.9 Å². The molecule has 0 aliphatic rings. The first-order chi connectivity index (χ1) is 8.20. The molecular weight excluding hydrogens is 214 g/mol. The van der Waals surface area contributed by atoms with Gasteiger partial charge in [0.05, 0.1) is 12.3 Å². The Morgan fingerprint density at radius 1 is 1.29 bits per heavy atom. The van der Waals surface area contributed by atoms with Crippen LogP contribution in [-0.2, 0) is 6.54 Å². The van der Waals surface area contributed by atoms with Crippen LogP contribution in [0.3, 0.4) is 0 Å². The molecule has 1 aromatic heterocycles. The minimum Gasteiger partial charge on any atom is -0.378 e. The number of rotatable bonds is 3. The molecule has 1 heterocycles. The number of hydrogen-bond donors (Lipinski definition) is 0. The molecule has 1 aromatic carbocycles. The van der Waals surface area contributed by atoms with Crippen molar-refractivity contribution in [3.63, 3.8) is 0 Å². The molecule has 0 radical (unpaired) electrons. The van der Waals surface area contributed by atoms with E-state index in [1.165, 1.54) is 4.68 Å². The van der Waals surface area contributed by atoms with E-state index in [2.05, 4.69) is 10.3 Å².